The minimum Gasteiger partial charge on any atom is -0.392 e. The van der Waals surface area contributed by atoms with Crippen molar-refractivity contribution in [1.82, 2.24) is 0 Å². The second-order valence-corrected chi connectivity index (χ2v) is 4.30. The molecule has 2 nitrogen and oxygen atoms in total. The Kier molecular flexibility index (Phi) is 3.45. The maximum atomic E-state index is 8.99. The highest BCUT2D eigenvalue weighted by Gasteiger charge is 1.99. The second-order valence-electron chi connectivity index (χ2n) is 4.30. The highest BCUT2D eigenvalue weighted by Crippen LogP contribution is 2.22. The number of hydrogen-bond donors (Lipinski definition) is 1. The Bertz CT molecular complexity index is 471. The zero-order valence-corrected chi connectivity index (χ0v) is 10.2. The lowest BCUT2D eigenvalue weighted by Gasteiger charge is -2.12. The van der Waals surface area contributed by atoms with Crippen molar-refractivity contribution in [3.63, 3.8) is 0 Å². The molecule has 0 atom stereocenters. The molecule has 17 heavy (non-hydrogen) atoms. The summed E-state index contributed by atoms with van der Waals surface area (Å²) >= 11 is 0. The molecule has 0 aromatic heterocycles. The van der Waals surface area contributed by atoms with Gasteiger partial charge in [-0.15, -0.1) is 0 Å². The summed E-state index contributed by atoms with van der Waals surface area (Å²) in [6.45, 7) is 0.0971. The average Bonchev–Trinajstić information content (AvgIpc) is 2.39. The molecule has 1 N–H and O–H groups in total. The Morgan fingerprint density at radius 2 is 1.29 bits per heavy atom. The largest absolute Gasteiger partial charge is 0.392 e. The highest BCUT2D eigenvalue weighted by atomic mass is 16.3. The first-order valence-electron chi connectivity index (χ1n) is 5.68. The summed E-state index contributed by atoms with van der Waals surface area (Å²) in [4.78, 5) is 2.08. The fourth-order valence-corrected chi connectivity index (χ4v) is 1.75. The lowest BCUT2D eigenvalue weighted by Crippen LogP contribution is -2.07. The van der Waals surface area contributed by atoms with Gasteiger partial charge in [0.2, 0.25) is 0 Å². The second kappa shape index (κ2) is 5.02. The van der Waals surface area contributed by atoms with E-state index in [9.17, 15) is 0 Å². The van der Waals surface area contributed by atoms with Crippen LogP contribution in [0.2, 0.25) is 0 Å². The molecule has 0 unspecified atom stereocenters. The highest BCUT2D eigenvalue weighted by molar-refractivity contribution is 5.66. The number of nitrogens with zero attached hydrogens (tertiary/aromatic N) is 1. The van der Waals surface area contributed by atoms with Gasteiger partial charge < -0.3 is 10.0 Å². The van der Waals surface area contributed by atoms with E-state index in [4.69, 9.17) is 5.11 Å². The number of benzene rings is 2. The Balaban J connectivity index is 2.26. The molecule has 2 aromatic carbocycles. The van der Waals surface area contributed by atoms with Crippen LogP contribution in [-0.2, 0) is 6.61 Å². The normalized spacial score (nSPS) is 10.3. The summed E-state index contributed by atoms with van der Waals surface area (Å²) in [5, 5.41) is 8.99. The number of rotatable bonds is 3. The van der Waals surface area contributed by atoms with Gasteiger partial charge in [-0.25, -0.2) is 0 Å². The molecule has 0 spiro atoms. The fourth-order valence-electron chi connectivity index (χ4n) is 1.75. The summed E-state index contributed by atoms with van der Waals surface area (Å²) in [5.41, 5.74) is 4.51. The standard InChI is InChI=1S/C15H17NO/c1-16(2)15-9-7-14(8-10-15)13-5-3-12(11-17)4-6-13/h3-10,17H,11H2,1-2H3. The quantitative estimate of drug-likeness (QED) is 0.871. The lowest BCUT2D eigenvalue weighted by atomic mass is 10.0. The maximum Gasteiger partial charge on any atom is 0.0681 e. The molecule has 0 heterocycles. The van der Waals surface area contributed by atoms with Crippen LogP contribution in [-0.4, -0.2) is 19.2 Å². The SMILES string of the molecule is CN(C)c1ccc(-c2ccc(CO)cc2)cc1. The van der Waals surface area contributed by atoms with E-state index in [1.54, 1.807) is 0 Å². The molecule has 0 amide bonds. The minimum atomic E-state index is 0.0971. The van der Waals surface area contributed by atoms with Gasteiger partial charge >= 0.3 is 0 Å². The summed E-state index contributed by atoms with van der Waals surface area (Å²) in [7, 11) is 4.07. The van der Waals surface area contributed by atoms with Gasteiger partial charge in [-0.2, -0.15) is 0 Å². The van der Waals surface area contributed by atoms with E-state index < -0.39 is 0 Å². The van der Waals surface area contributed by atoms with Crippen LogP contribution in [0.4, 0.5) is 5.69 Å². The van der Waals surface area contributed by atoms with Gasteiger partial charge in [0.05, 0.1) is 6.61 Å². The molecule has 2 heteroatoms. The Morgan fingerprint density at radius 1 is 0.824 bits per heavy atom. The van der Waals surface area contributed by atoms with Crippen LogP contribution in [0, 0.1) is 0 Å². The molecule has 0 aliphatic rings. The summed E-state index contributed by atoms with van der Waals surface area (Å²) in [6, 6.07) is 16.4. The van der Waals surface area contributed by atoms with Crippen LogP contribution in [0.15, 0.2) is 48.5 Å². The minimum absolute atomic E-state index is 0.0971. The van der Waals surface area contributed by atoms with Crippen molar-refractivity contribution in [1.29, 1.82) is 0 Å². The van der Waals surface area contributed by atoms with E-state index in [2.05, 4.69) is 29.2 Å². The van der Waals surface area contributed by atoms with Gasteiger partial charge in [0.1, 0.15) is 0 Å². The molecule has 0 fully saturated rings. The predicted octanol–water partition coefficient (Wildman–Crippen LogP) is 2.91. The molecule has 2 rings (SSSR count). The molecule has 0 saturated carbocycles. The molecular weight excluding hydrogens is 210 g/mol. The number of anilines is 1. The molecule has 0 aliphatic heterocycles. The van der Waals surface area contributed by atoms with Crippen LogP contribution < -0.4 is 4.90 Å². The van der Waals surface area contributed by atoms with Gasteiger partial charge in [0.15, 0.2) is 0 Å². The number of hydrogen-bond acceptors (Lipinski definition) is 2. The fraction of sp³-hybridized carbons (Fsp3) is 0.200. The van der Waals surface area contributed by atoms with Crippen molar-refractivity contribution >= 4 is 5.69 Å². The monoisotopic (exact) mass is 227 g/mol. The predicted molar refractivity (Wildman–Crippen MR) is 72.1 cm³/mol. The Labute approximate surface area is 102 Å². The molecule has 0 aliphatic carbocycles. The van der Waals surface area contributed by atoms with E-state index in [-0.39, 0.29) is 6.61 Å². The third kappa shape index (κ3) is 2.66. The van der Waals surface area contributed by atoms with E-state index in [1.165, 1.54) is 16.8 Å². The molecular formula is C15H17NO. The van der Waals surface area contributed by atoms with Gasteiger partial charge in [0.25, 0.3) is 0 Å². The van der Waals surface area contributed by atoms with Gasteiger partial charge in [-0.1, -0.05) is 36.4 Å². The van der Waals surface area contributed by atoms with Crippen molar-refractivity contribution < 1.29 is 5.11 Å². The first kappa shape index (κ1) is 11.7. The molecule has 2 aromatic rings. The van der Waals surface area contributed by atoms with E-state index >= 15 is 0 Å². The summed E-state index contributed by atoms with van der Waals surface area (Å²) in [5.74, 6) is 0. The van der Waals surface area contributed by atoms with Crippen LogP contribution in [0.25, 0.3) is 11.1 Å². The smallest absolute Gasteiger partial charge is 0.0681 e. The number of aliphatic hydroxyl groups excluding tert-OH is 1. The third-order valence-electron chi connectivity index (χ3n) is 2.85. The topological polar surface area (TPSA) is 23.5 Å². The number of aliphatic hydroxyl groups is 1. The van der Waals surface area contributed by atoms with Crippen molar-refractivity contribution in [2.45, 2.75) is 6.61 Å². The first-order chi connectivity index (χ1) is 8.20. The zero-order valence-electron chi connectivity index (χ0n) is 10.2. The Morgan fingerprint density at radius 3 is 1.71 bits per heavy atom. The Hall–Kier alpha value is -1.80. The lowest BCUT2D eigenvalue weighted by molar-refractivity contribution is 0.282. The molecule has 0 saturated heterocycles. The molecule has 0 radical (unpaired) electrons. The van der Waals surface area contributed by atoms with Crippen LogP contribution in [0.3, 0.4) is 0 Å². The van der Waals surface area contributed by atoms with E-state index in [0.717, 1.165) is 5.56 Å². The average molecular weight is 227 g/mol. The van der Waals surface area contributed by atoms with Crippen LogP contribution >= 0.6 is 0 Å². The van der Waals surface area contributed by atoms with Crippen molar-refractivity contribution in [2.75, 3.05) is 19.0 Å². The van der Waals surface area contributed by atoms with Gasteiger partial charge in [-0.05, 0) is 28.8 Å². The summed E-state index contributed by atoms with van der Waals surface area (Å²) in [6.07, 6.45) is 0. The van der Waals surface area contributed by atoms with Crippen molar-refractivity contribution in [3.05, 3.63) is 54.1 Å². The zero-order chi connectivity index (χ0) is 12.3. The van der Waals surface area contributed by atoms with Crippen molar-refractivity contribution in [2.24, 2.45) is 0 Å². The van der Waals surface area contributed by atoms with Crippen molar-refractivity contribution in [3.8, 4) is 11.1 Å². The van der Waals surface area contributed by atoms with Gasteiger partial charge in [-0.3, -0.25) is 0 Å². The summed E-state index contributed by atoms with van der Waals surface area (Å²) < 4.78 is 0. The van der Waals surface area contributed by atoms with E-state index in [1.807, 2.05) is 38.4 Å². The maximum absolute atomic E-state index is 8.99. The van der Waals surface area contributed by atoms with Crippen LogP contribution in [0.1, 0.15) is 5.56 Å². The van der Waals surface area contributed by atoms with Gasteiger partial charge in [0, 0.05) is 19.8 Å². The van der Waals surface area contributed by atoms with Crippen LogP contribution in [0.5, 0.6) is 0 Å². The molecule has 0 bridgehead atoms. The van der Waals surface area contributed by atoms with E-state index in [0.29, 0.717) is 0 Å². The third-order valence-corrected chi connectivity index (χ3v) is 2.85. The first-order valence-corrected chi connectivity index (χ1v) is 5.68. The molecule has 88 valence electrons.